The van der Waals surface area contributed by atoms with Crippen molar-refractivity contribution in [1.29, 1.82) is 0 Å². The van der Waals surface area contributed by atoms with Crippen molar-refractivity contribution in [3.05, 3.63) is 24.2 Å². The summed E-state index contributed by atoms with van der Waals surface area (Å²) in [5.41, 5.74) is 0.720. The van der Waals surface area contributed by atoms with Crippen LogP contribution < -0.4 is 4.74 Å². The fourth-order valence-electron chi connectivity index (χ4n) is 2.66. The lowest BCUT2D eigenvalue weighted by atomic mass is 10.0. The number of methoxy groups -OCH3 is 1. The van der Waals surface area contributed by atoms with E-state index in [1.807, 2.05) is 12.1 Å². The quantitative estimate of drug-likeness (QED) is 0.848. The highest BCUT2D eigenvalue weighted by molar-refractivity contribution is 7.91. The molecule has 1 unspecified atom stereocenters. The van der Waals surface area contributed by atoms with Crippen LogP contribution >= 0.6 is 0 Å². The van der Waals surface area contributed by atoms with Gasteiger partial charge >= 0.3 is 0 Å². The molecule has 1 atom stereocenters. The lowest BCUT2D eigenvalue weighted by Crippen LogP contribution is -2.26. The van der Waals surface area contributed by atoms with Crippen molar-refractivity contribution in [1.82, 2.24) is 14.6 Å². The van der Waals surface area contributed by atoms with E-state index in [9.17, 15) is 8.42 Å². The maximum absolute atomic E-state index is 11.6. The number of rotatable bonds is 3. The van der Waals surface area contributed by atoms with Crippen LogP contribution in [0, 0.1) is 5.92 Å². The largest absolute Gasteiger partial charge is 0.497 e. The van der Waals surface area contributed by atoms with Crippen LogP contribution in [0.4, 0.5) is 0 Å². The Morgan fingerprint density at radius 1 is 1.50 bits per heavy atom. The van der Waals surface area contributed by atoms with Crippen LogP contribution in [0.2, 0.25) is 0 Å². The molecule has 0 bridgehead atoms. The summed E-state index contributed by atoms with van der Waals surface area (Å²) in [6, 6.07) is 3.63. The van der Waals surface area contributed by atoms with E-state index in [1.165, 1.54) is 0 Å². The molecular formula is C13H17N3O3S. The lowest BCUT2D eigenvalue weighted by molar-refractivity contribution is 0.414. The molecule has 0 spiro atoms. The summed E-state index contributed by atoms with van der Waals surface area (Å²) in [6.45, 7) is 0. The molecule has 1 aliphatic heterocycles. The van der Waals surface area contributed by atoms with Gasteiger partial charge in [0.2, 0.25) is 0 Å². The minimum absolute atomic E-state index is 0.132. The normalized spacial score (nSPS) is 21.9. The van der Waals surface area contributed by atoms with Crippen molar-refractivity contribution in [3.8, 4) is 5.75 Å². The maximum Gasteiger partial charge on any atom is 0.159 e. The van der Waals surface area contributed by atoms with Crippen LogP contribution in [0.1, 0.15) is 18.7 Å². The first kappa shape index (κ1) is 13.4. The Labute approximate surface area is 117 Å². The number of pyridine rings is 1. The van der Waals surface area contributed by atoms with Gasteiger partial charge in [-0.05, 0) is 24.8 Å². The van der Waals surface area contributed by atoms with E-state index in [1.54, 1.807) is 17.8 Å². The van der Waals surface area contributed by atoms with Gasteiger partial charge in [0.25, 0.3) is 0 Å². The third-order valence-corrected chi connectivity index (χ3v) is 5.51. The van der Waals surface area contributed by atoms with Gasteiger partial charge in [0.05, 0.1) is 18.6 Å². The summed E-state index contributed by atoms with van der Waals surface area (Å²) in [4.78, 5) is 4.44. The topological polar surface area (TPSA) is 73.6 Å². The zero-order chi connectivity index (χ0) is 14.2. The van der Waals surface area contributed by atoms with E-state index in [0.29, 0.717) is 18.0 Å². The van der Waals surface area contributed by atoms with Gasteiger partial charge in [0, 0.05) is 18.7 Å². The Kier molecular flexibility index (Phi) is 3.37. The second kappa shape index (κ2) is 5.05. The third kappa shape index (κ3) is 2.77. The zero-order valence-electron chi connectivity index (χ0n) is 11.3. The van der Waals surface area contributed by atoms with Crippen LogP contribution in [0.15, 0.2) is 18.3 Å². The molecule has 2 aromatic rings. The number of nitrogens with zero attached hydrogens (tertiary/aromatic N) is 3. The summed E-state index contributed by atoms with van der Waals surface area (Å²) in [5, 5.41) is 4.39. The van der Waals surface area contributed by atoms with E-state index in [0.717, 1.165) is 24.2 Å². The molecule has 0 aromatic carbocycles. The second-order valence-corrected chi connectivity index (χ2v) is 7.45. The van der Waals surface area contributed by atoms with Gasteiger partial charge in [0.15, 0.2) is 21.3 Å². The average molecular weight is 295 g/mol. The SMILES string of the molecule is COc1ccn2nc(CC3CCCS(=O)(=O)C3)nc2c1. The van der Waals surface area contributed by atoms with Crippen molar-refractivity contribution >= 4 is 15.5 Å². The van der Waals surface area contributed by atoms with E-state index in [2.05, 4.69) is 10.1 Å². The van der Waals surface area contributed by atoms with Gasteiger partial charge in [0.1, 0.15) is 5.75 Å². The molecule has 1 aliphatic rings. The number of hydrogen-bond acceptors (Lipinski definition) is 5. The number of hydrogen-bond donors (Lipinski definition) is 0. The van der Waals surface area contributed by atoms with Crippen LogP contribution in [-0.4, -0.2) is 41.6 Å². The predicted molar refractivity (Wildman–Crippen MR) is 74.6 cm³/mol. The summed E-state index contributed by atoms with van der Waals surface area (Å²) < 4.78 is 30.1. The van der Waals surface area contributed by atoms with E-state index in [4.69, 9.17) is 4.74 Å². The number of ether oxygens (including phenoxy) is 1. The Morgan fingerprint density at radius 2 is 2.35 bits per heavy atom. The van der Waals surface area contributed by atoms with Crippen molar-refractivity contribution in [2.45, 2.75) is 19.3 Å². The standard InChI is InChI=1S/C13H17N3O3S/c1-19-11-4-5-16-13(8-11)14-12(15-16)7-10-3-2-6-20(17,18)9-10/h4-5,8,10H,2-3,6-7,9H2,1H3. The zero-order valence-corrected chi connectivity index (χ0v) is 12.1. The van der Waals surface area contributed by atoms with Crippen LogP contribution in [0.5, 0.6) is 5.75 Å². The minimum atomic E-state index is -2.88. The van der Waals surface area contributed by atoms with Gasteiger partial charge in [-0.2, -0.15) is 5.10 Å². The minimum Gasteiger partial charge on any atom is -0.497 e. The molecule has 20 heavy (non-hydrogen) atoms. The molecule has 0 aliphatic carbocycles. The molecule has 0 radical (unpaired) electrons. The molecule has 1 saturated heterocycles. The van der Waals surface area contributed by atoms with E-state index >= 15 is 0 Å². The highest BCUT2D eigenvalue weighted by atomic mass is 32.2. The molecule has 0 N–H and O–H groups in total. The first-order valence-electron chi connectivity index (χ1n) is 6.65. The van der Waals surface area contributed by atoms with Gasteiger partial charge < -0.3 is 4.74 Å². The van der Waals surface area contributed by atoms with Gasteiger partial charge in [-0.25, -0.2) is 17.9 Å². The number of sulfone groups is 1. The first-order valence-corrected chi connectivity index (χ1v) is 8.47. The summed E-state index contributed by atoms with van der Waals surface area (Å²) in [7, 11) is -1.27. The van der Waals surface area contributed by atoms with Crippen molar-refractivity contribution in [3.63, 3.8) is 0 Å². The average Bonchev–Trinajstić information content (AvgIpc) is 2.78. The molecule has 3 heterocycles. The number of aromatic nitrogens is 3. The molecule has 7 heteroatoms. The lowest BCUT2D eigenvalue weighted by Gasteiger charge is -2.20. The molecule has 108 valence electrons. The third-order valence-electron chi connectivity index (χ3n) is 3.62. The van der Waals surface area contributed by atoms with Crippen molar-refractivity contribution in [2.75, 3.05) is 18.6 Å². The van der Waals surface area contributed by atoms with E-state index in [-0.39, 0.29) is 11.7 Å². The fraction of sp³-hybridized carbons (Fsp3) is 0.538. The summed E-state index contributed by atoms with van der Waals surface area (Å²) >= 11 is 0. The van der Waals surface area contributed by atoms with Crippen LogP contribution in [-0.2, 0) is 16.3 Å². The maximum atomic E-state index is 11.6. The smallest absolute Gasteiger partial charge is 0.159 e. The van der Waals surface area contributed by atoms with Gasteiger partial charge in [-0.3, -0.25) is 0 Å². The molecule has 3 rings (SSSR count). The van der Waals surface area contributed by atoms with E-state index < -0.39 is 9.84 Å². The highest BCUT2D eigenvalue weighted by Crippen LogP contribution is 2.22. The van der Waals surface area contributed by atoms with Gasteiger partial charge in [-0.1, -0.05) is 0 Å². The summed E-state index contributed by atoms with van der Waals surface area (Å²) in [6.07, 6.45) is 4.08. The molecular weight excluding hydrogens is 278 g/mol. The molecule has 0 amide bonds. The Morgan fingerprint density at radius 3 is 3.10 bits per heavy atom. The van der Waals surface area contributed by atoms with Crippen LogP contribution in [0.3, 0.4) is 0 Å². The van der Waals surface area contributed by atoms with Crippen molar-refractivity contribution in [2.24, 2.45) is 5.92 Å². The first-order chi connectivity index (χ1) is 9.55. The van der Waals surface area contributed by atoms with Crippen LogP contribution in [0.25, 0.3) is 5.65 Å². The molecule has 1 fully saturated rings. The summed E-state index contributed by atoms with van der Waals surface area (Å²) in [5.74, 6) is 2.13. The fourth-order valence-corrected chi connectivity index (χ4v) is 4.44. The second-order valence-electron chi connectivity index (χ2n) is 5.22. The Hall–Kier alpha value is -1.63. The Balaban J connectivity index is 1.80. The molecule has 6 nitrogen and oxygen atoms in total. The Bertz CT molecular complexity index is 724. The number of fused-ring (bicyclic) bond motifs is 1. The van der Waals surface area contributed by atoms with Gasteiger partial charge in [-0.15, -0.1) is 0 Å². The molecule has 0 saturated carbocycles. The predicted octanol–water partition coefficient (Wildman–Crippen LogP) is 1.11. The monoisotopic (exact) mass is 295 g/mol. The van der Waals surface area contributed by atoms with Crippen molar-refractivity contribution < 1.29 is 13.2 Å². The highest BCUT2D eigenvalue weighted by Gasteiger charge is 2.25. The molecule has 2 aromatic heterocycles.